The molecule has 18 heavy (non-hydrogen) atoms. The molecule has 0 aromatic heterocycles. The predicted octanol–water partition coefficient (Wildman–Crippen LogP) is 2.66. The summed E-state index contributed by atoms with van der Waals surface area (Å²) in [5.41, 5.74) is 7.92. The number of anilines is 1. The van der Waals surface area contributed by atoms with Gasteiger partial charge in [-0.1, -0.05) is 12.1 Å². The highest BCUT2D eigenvalue weighted by Gasteiger charge is 2.14. The Morgan fingerprint density at radius 3 is 3.06 bits per heavy atom. The van der Waals surface area contributed by atoms with E-state index in [0.717, 1.165) is 25.4 Å². The van der Waals surface area contributed by atoms with E-state index < -0.39 is 0 Å². The lowest BCUT2D eigenvalue weighted by molar-refractivity contribution is 0.0995. The van der Waals surface area contributed by atoms with E-state index in [4.69, 9.17) is 10.5 Å². The first-order valence-corrected chi connectivity index (χ1v) is 6.88. The van der Waals surface area contributed by atoms with Crippen molar-refractivity contribution in [3.63, 3.8) is 0 Å². The summed E-state index contributed by atoms with van der Waals surface area (Å²) in [5, 5.41) is 0. The van der Waals surface area contributed by atoms with Crippen LogP contribution in [-0.4, -0.2) is 31.2 Å². The highest BCUT2D eigenvalue weighted by Crippen LogP contribution is 2.17. The van der Waals surface area contributed by atoms with Crippen molar-refractivity contribution in [3.05, 3.63) is 29.8 Å². The topological polar surface area (TPSA) is 38.5 Å². The highest BCUT2D eigenvalue weighted by atomic mass is 16.5. The Hall–Kier alpha value is -1.06. The van der Waals surface area contributed by atoms with Gasteiger partial charge < -0.3 is 15.4 Å². The smallest absolute Gasteiger partial charge is 0.0576 e. The van der Waals surface area contributed by atoms with Gasteiger partial charge in [-0.25, -0.2) is 0 Å². The summed E-state index contributed by atoms with van der Waals surface area (Å²) in [7, 11) is 2.17. The van der Waals surface area contributed by atoms with Crippen molar-refractivity contribution in [2.24, 2.45) is 0 Å². The zero-order valence-electron chi connectivity index (χ0n) is 11.3. The summed E-state index contributed by atoms with van der Waals surface area (Å²) in [6.07, 6.45) is 5.42. The van der Waals surface area contributed by atoms with Crippen LogP contribution in [0, 0.1) is 0 Å². The van der Waals surface area contributed by atoms with Crippen LogP contribution in [0.15, 0.2) is 24.3 Å². The Kier molecular flexibility index (Phi) is 5.02. The van der Waals surface area contributed by atoms with Gasteiger partial charge >= 0.3 is 0 Å². The Labute approximate surface area is 110 Å². The fourth-order valence-electron chi connectivity index (χ4n) is 2.54. The summed E-state index contributed by atoms with van der Waals surface area (Å²) in [6, 6.07) is 8.13. The van der Waals surface area contributed by atoms with Crippen LogP contribution in [-0.2, 0) is 11.3 Å². The lowest BCUT2D eigenvalue weighted by Gasteiger charge is -2.18. The average molecular weight is 248 g/mol. The van der Waals surface area contributed by atoms with E-state index in [1.807, 2.05) is 12.1 Å². The van der Waals surface area contributed by atoms with E-state index in [-0.39, 0.29) is 0 Å². The number of rotatable bonds is 6. The number of nitrogens with two attached hydrogens (primary N) is 1. The number of hydrogen-bond acceptors (Lipinski definition) is 3. The normalized spacial score (nSPS) is 19.6. The Morgan fingerprint density at radius 1 is 1.44 bits per heavy atom. The van der Waals surface area contributed by atoms with Gasteiger partial charge in [-0.05, 0) is 57.0 Å². The second-order valence-electron chi connectivity index (χ2n) is 5.26. The molecule has 100 valence electrons. The average Bonchev–Trinajstić information content (AvgIpc) is 2.82. The minimum atomic E-state index is 0.519. The van der Waals surface area contributed by atoms with Crippen LogP contribution in [0.4, 0.5) is 5.69 Å². The van der Waals surface area contributed by atoms with Crippen LogP contribution >= 0.6 is 0 Å². The first kappa shape index (κ1) is 13.4. The molecule has 0 spiro atoms. The van der Waals surface area contributed by atoms with Crippen molar-refractivity contribution < 1.29 is 4.74 Å². The Bertz CT molecular complexity index is 361. The molecular weight excluding hydrogens is 224 g/mol. The number of nitrogen functional groups attached to an aromatic ring is 1. The zero-order chi connectivity index (χ0) is 12.8. The van der Waals surface area contributed by atoms with Crippen LogP contribution in [0.2, 0.25) is 0 Å². The molecule has 1 aliphatic heterocycles. The molecule has 1 aliphatic rings. The Morgan fingerprint density at radius 2 is 2.33 bits per heavy atom. The molecule has 2 N–H and O–H groups in total. The van der Waals surface area contributed by atoms with Crippen LogP contribution < -0.4 is 5.73 Å². The first-order chi connectivity index (χ1) is 8.74. The molecule has 3 nitrogen and oxygen atoms in total. The van der Waals surface area contributed by atoms with E-state index in [0.29, 0.717) is 6.10 Å². The van der Waals surface area contributed by atoms with Gasteiger partial charge in [0.15, 0.2) is 0 Å². The molecule has 2 rings (SSSR count). The second kappa shape index (κ2) is 6.76. The van der Waals surface area contributed by atoms with Crippen LogP contribution in [0.1, 0.15) is 31.2 Å². The third-order valence-electron chi connectivity index (χ3n) is 3.49. The van der Waals surface area contributed by atoms with Crippen LogP contribution in [0.3, 0.4) is 0 Å². The largest absolute Gasteiger partial charge is 0.399 e. The van der Waals surface area contributed by atoms with E-state index in [1.54, 1.807) is 0 Å². The minimum Gasteiger partial charge on any atom is -0.399 e. The summed E-state index contributed by atoms with van der Waals surface area (Å²) in [5.74, 6) is 0. The SMILES string of the molecule is CN(CCCC1CCCO1)Cc1cccc(N)c1. The Balaban J connectivity index is 1.66. The summed E-state index contributed by atoms with van der Waals surface area (Å²) < 4.78 is 5.63. The number of ether oxygens (including phenoxy) is 1. The maximum Gasteiger partial charge on any atom is 0.0576 e. The van der Waals surface area contributed by atoms with E-state index in [1.165, 1.54) is 31.2 Å². The predicted molar refractivity (Wildman–Crippen MR) is 75.4 cm³/mol. The third kappa shape index (κ3) is 4.31. The van der Waals surface area contributed by atoms with Gasteiger partial charge in [0.1, 0.15) is 0 Å². The summed E-state index contributed by atoms with van der Waals surface area (Å²) >= 11 is 0. The molecule has 1 aromatic rings. The maximum absolute atomic E-state index is 5.78. The van der Waals surface area contributed by atoms with Crippen molar-refractivity contribution >= 4 is 5.69 Å². The number of benzene rings is 1. The highest BCUT2D eigenvalue weighted by molar-refractivity contribution is 5.40. The summed E-state index contributed by atoms with van der Waals surface area (Å²) in [6.45, 7) is 3.05. The van der Waals surface area contributed by atoms with Gasteiger partial charge in [0.25, 0.3) is 0 Å². The van der Waals surface area contributed by atoms with Crippen molar-refractivity contribution in [2.45, 2.75) is 38.3 Å². The third-order valence-corrected chi connectivity index (χ3v) is 3.49. The van der Waals surface area contributed by atoms with Gasteiger partial charge in [-0.3, -0.25) is 0 Å². The molecule has 3 heteroatoms. The van der Waals surface area contributed by atoms with Gasteiger partial charge in [0, 0.05) is 18.8 Å². The van der Waals surface area contributed by atoms with Gasteiger partial charge in [0.2, 0.25) is 0 Å². The molecule has 0 amide bonds. The molecule has 0 radical (unpaired) electrons. The van der Waals surface area contributed by atoms with Crippen molar-refractivity contribution in [1.29, 1.82) is 0 Å². The molecule has 0 aliphatic carbocycles. The van der Waals surface area contributed by atoms with Crippen LogP contribution in [0.25, 0.3) is 0 Å². The molecule has 1 unspecified atom stereocenters. The molecule has 1 atom stereocenters. The van der Waals surface area contributed by atoms with Crippen molar-refractivity contribution in [2.75, 3.05) is 25.9 Å². The van der Waals surface area contributed by atoms with E-state index in [2.05, 4.69) is 24.1 Å². The van der Waals surface area contributed by atoms with Crippen LogP contribution in [0.5, 0.6) is 0 Å². The lowest BCUT2D eigenvalue weighted by atomic mass is 10.1. The minimum absolute atomic E-state index is 0.519. The molecule has 0 bridgehead atoms. The second-order valence-corrected chi connectivity index (χ2v) is 5.26. The van der Waals surface area contributed by atoms with Gasteiger partial charge in [0.05, 0.1) is 6.10 Å². The zero-order valence-corrected chi connectivity index (χ0v) is 11.3. The standard InChI is InChI=1S/C15H24N2O/c1-17(9-3-7-15-8-4-10-18-15)12-13-5-2-6-14(16)11-13/h2,5-6,11,15H,3-4,7-10,12,16H2,1H3. The molecule has 1 heterocycles. The summed E-state index contributed by atoms with van der Waals surface area (Å²) in [4.78, 5) is 2.35. The molecule has 1 saturated heterocycles. The van der Waals surface area contributed by atoms with Gasteiger partial charge in [-0.2, -0.15) is 0 Å². The monoisotopic (exact) mass is 248 g/mol. The molecule has 1 fully saturated rings. The fourth-order valence-corrected chi connectivity index (χ4v) is 2.54. The molecular formula is C15H24N2O. The first-order valence-electron chi connectivity index (χ1n) is 6.88. The fraction of sp³-hybridized carbons (Fsp3) is 0.600. The lowest BCUT2D eigenvalue weighted by Crippen LogP contribution is -2.20. The molecule has 1 aromatic carbocycles. The van der Waals surface area contributed by atoms with E-state index in [9.17, 15) is 0 Å². The molecule has 0 saturated carbocycles. The quantitative estimate of drug-likeness (QED) is 0.787. The van der Waals surface area contributed by atoms with Gasteiger partial charge in [-0.15, -0.1) is 0 Å². The maximum atomic E-state index is 5.78. The number of hydrogen-bond donors (Lipinski definition) is 1. The number of nitrogens with zero attached hydrogens (tertiary/aromatic N) is 1. The van der Waals surface area contributed by atoms with E-state index >= 15 is 0 Å². The van der Waals surface area contributed by atoms with Crippen molar-refractivity contribution in [1.82, 2.24) is 4.90 Å². The van der Waals surface area contributed by atoms with Crippen molar-refractivity contribution in [3.8, 4) is 0 Å².